The molecule has 25 heavy (non-hydrogen) atoms. The first-order chi connectivity index (χ1) is 11.5. The molecule has 0 radical (unpaired) electrons. The van der Waals surface area contributed by atoms with Crippen LogP contribution in [-0.4, -0.2) is 43.3 Å². The SMILES string of the molecule is CCNC(=NCc1csc(N(C)C)n1)NCCc1c(C)noc1C.I. The Morgan fingerprint density at radius 3 is 2.64 bits per heavy atom. The third-order valence-electron chi connectivity index (χ3n) is 3.51. The zero-order chi connectivity index (χ0) is 17.5. The van der Waals surface area contributed by atoms with Crippen molar-refractivity contribution in [3.63, 3.8) is 0 Å². The van der Waals surface area contributed by atoms with Gasteiger partial charge in [-0.05, 0) is 27.2 Å². The minimum atomic E-state index is 0. The van der Waals surface area contributed by atoms with Crippen molar-refractivity contribution in [3.8, 4) is 0 Å². The molecule has 2 heterocycles. The van der Waals surface area contributed by atoms with Crippen LogP contribution in [0.15, 0.2) is 14.9 Å². The molecule has 2 N–H and O–H groups in total. The van der Waals surface area contributed by atoms with Crippen LogP contribution in [0.5, 0.6) is 0 Å². The van der Waals surface area contributed by atoms with Gasteiger partial charge in [-0.25, -0.2) is 9.98 Å². The van der Waals surface area contributed by atoms with Crippen LogP contribution in [0.3, 0.4) is 0 Å². The van der Waals surface area contributed by atoms with E-state index < -0.39 is 0 Å². The fourth-order valence-electron chi connectivity index (χ4n) is 2.24. The molecule has 0 aliphatic carbocycles. The highest BCUT2D eigenvalue weighted by atomic mass is 127. The Kier molecular flexibility index (Phi) is 9.19. The molecule has 140 valence electrons. The van der Waals surface area contributed by atoms with E-state index in [0.29, 0.717) is 6.54 Å². The van der Waals surface area contributed by atoms with Gasteiger partial charge in [0.05, 0.1) is 17.9 Å². The number of nitrogens with one attached hydrogen (secondary N) is 2. The normalized spacial score (nSPS) is 11.2. The summed E-state index contributed by atoms with van der Waals surface area (Å²) in [6.07, 6.45) is 0.854. The highest BCUT2D eigenvalue weighted by Gasteiger charge is 2.09. The first-order valence-electron chi connectivity index (χ1n) is 8.07. The number of rotatable bonds is 7. The van der Waals surface area contributed by atoms with Gasteiger partial charge in [-0.1, -0.05) is 5.16 Å². The molecule has 7 nitrogen and oxygen atoms in total. The highest BCUT2D eigenvalue weighted by molar-refractivity contribution is 14.0. The molecule has 0 atom stereocenters. The molecule has 0 fully saturated rings. The number of guanidine groups is 1. The lowest BCUT2D eigenvalue weighted by molar-refractivity contribution is 0.392. The Balaban J connectivity index is 0.00000312. The largest absolute Gasteiger partial charge is 0.361 e. The molecule has 0 saturated heterocycles. The summed E-state index contributed by atoms with van der Waals surface area (Å²) >= 11 is 1.63. The number of aromatic nitrogens is 2. The van der Waals surface area contributed by atoms with E-state index >= 15 is 0 Å². The number of aryl methyl sites for hydroxylation is 2. The van der Waals surface area contributed by atoms with Gasteiger partial charge in [0, 0.05) is 38.1 Å². The fourth-order valence-corrected chi connectivity index (χ4v) is 2.99. The summed E-state index contributed by atoms with van der Waals surface area (Å²) in [5.41, 5.74) is 3.09. The van der Waals surface area contributed by atoms with Crippen LogP contribution in [0.25, 0.3) is 0 Å². The van der Waals surface area contributed by atoms with Crippen molar-refractivity contribution in [1.82, 2.24) is 20.8 Å². The lowest BCUT2D eigenvalue weighted by Gasteiger charge is -2.11. The van der Waals surface area contributed by atoms with Crippen molar-refractivity contribution in [1.29, 1.82) is 0 Å². The Morgan fingerprint density at radius 2 is 2.08 bits per heavy atom. The molecule has 0 amide bonds. The third-order valence-corrected chi connectivity index (χ3v) is 4.57. The summed E-state index contributed by atoms with van der Waals surface area (Å²) in [7, 11) is 3.98. The van der Waals surface area contributed by atoms with Crippen LogP contribution < -0.4 is 15.5 Å². The number of nitrogens with zero attached hydrogens (tertiary/aromatic N) is 4. The monoisotopic (exact) mass is 478 g/mol. The first-order valence-corrected chi connectivity index (χ1v) is 8.94. The molecule has 0 saturated carbocycles. The zero-order valence-electron chi connectivity index (χ0n) is 15.4. The van der Waals surface area contributed by atoms with Crippen LogP contribution in [0.2, 0.25) is 0 Å². The van der Waals surface area contributed by atoms with E-state index in [1.165, 1.54) is 0 Å². The number of halogens is 1. The summed E-state index contributed by atoms with van der Waals surface area (Å²) in [6.45, 7) is 8.12. The van der Waals surface area contributed by atoms with Crippen molar-refractivity contribution >= 4 is 46.4 Å². The van der Waals surface area contributed by atoms with E-state index in [-0.39, 0.29) is 24.0 Å². The number of thiazole rings is 1. The quantitative estimate of drug-likeness (QED) is 0.362. The highest BCUT2D eigenvalue weighted by Crippen LogP contribution is 2.18. The molecule has 0 spiro atoms. The van der Waals surface area contributed by atoms with Crippen LogP contribution in [0.1, 0.15) is 29.6 Å². The van der Waals surface area contributed by atoms with Crippen LogP contribution in [0.4, 0.5) is 5.13 Å². The van der Waals surface area contributed by atoms with Gasteiger partial charge < -0.3 is 20.1 Å². The smallest absolute Gasteiger partial charge is 0.191 e. The van der Waals surface area contributed by atoms with Gasteiger partial charge in [0.15, 0.2) is 11.1 Å². The van der Waals surface area contributed by atoms with E-state index in [9.17, 15) is 0 Å². The second-order valence-electron chi connectivity index (χ2n) is 5.69. The number of hydrogen-bond donors (Lipinski definition) is 2. The molecule has 2 rings (SSSR count). The van der Waals surface area contributed by atoms with Gasteiger partial charge in [-0.15, -0.1) is 35.3 Å². The molecule has 0 aliphatic heterocycles. The van der Waals surface area contributed by atoms with Gasteiger partial charge in [-0.3, -0.25) is 0 Å². The molecular formula is C16H27IN6OS. The first kappa shape index (κ1) is 21.7. The maximum Gasteiger partial charge on any atom is 0.191 e. The predicted octanol–water partition coefficient (Wildman–Crippen LogP) is 2.73. The third kappa shape index (κ3) is 6.46. The topological polar surface area (TPSA) is 78.6 Å². The van der Waals surface area contributed by atoms with Crippen LogP contribution in [0, 0.1) is 13.8 Å². The van der Waals surface area contributed by atoms with Crippen LogP contribution >= 0.6 is 35.3 Å². The van der Waals surface area contributed by atoms with Gasteiger partial charge in [0.25, 0.3) is 0 Å². The molecule has 0 aliphatic rings. The molecular weight excluding hydrogens is 451 g/mol. The Labute approximate surface area is 170 Å². The van der Waals surface area contributed by atoms with Crippen molar-refractivity contribution in [2.75, 3.05) is 32.1 Å². The maximum absolute atomic E-state index is 5.19. The minimum absolute atomic E-state index is 0. The number of aliphatic imine (C=N–C) groups is 1. The average molecular weight is 478 g/mol. The Hall–Kier alpha value is -1.36. The minimum Gasteiger partial charge on any atom is -0.361 e. The van der Waals surface area contributed by atoms with Crippen molar-refractivity contribution in [2.45, 2.75) is 33.7 Å². The summed E-state index contributed by atoms with van der Waals surface area (Å²) in [6, 6.07) is 0. The lowest BCUT2D eigenvalue weighted by Crippen LogP contribution is -2.38. The molecule has 2 aromatic rings. The summed E-state index contributed by atoms with van der Waals surface area (Å²) in [5.74, 6) is 1.68. The summed E-state index contributed by atoms with van der Waals surface area (Å²) in [4.78, 5) is 11.2. The average Bonchev–Trinajstić information content (AvgIpc) is 3.14. The molecule has 0 unspecified atom stereocenters. The van der Waals surface area contributed by atoms with E-state index in [0.717, 1.165) is 53.3 Å². The van der Waals surface area contributed by atoms with E-state index in [4.69, 9.17) is 4.52 Å². The molecule has 9 heteroatoms. The molecule has 2 aromatic heterocycles. The lowest BCUT2D eigenvalue weighted by atomic mass is 10.1. The van der Waals surface area contributed by atoms with E-state index in [1.807, 2.05) is 38.2 Å². The standard InChI is InChI=1S/C16H26N6OS.HI/c1-6-17-15(18-8-7-14-11(2)21-23-12(14)3)19-9-13-10-24-16(20-13)22(4)5;/h10H,6-9H2,1-5H3,(H2,17,18,19);1H. The van der Waals surface area contributed by atoms with Gasteiger partial charge >= 0.3 is 0 Å². The van der Waals surface area contributed by atoms with E-state index in [2.05, 4.69) is 32.7 Å². The van der Waals surface area contributed by atoms with Crippen molar-refractivity contribution in [3.05, 3.63) is 28.1 Å². The maximum atomic E-state index is 5.19. The summed E-state index contributed by atoms with van der Waals surface area (Å²) in [5, 5.41) is 13.6. The van der Waals surface area contributed by atoms with E-state index in [1.54, 1.807) is 11.3 Å². The molecule has 0 aromatic carbocycles. The Morgan fingerprint density at radius 1 is 1.32 bits per heavy atom. The number of hydrogen-bond acceptors (Lipinski definition) is 6. The fraction of sp³-hybridized carbons (Fsp3) is 0.562. The predicted molar refractivity (Wildman–Crippen MR) is 114 cm³/mol. The van der Waals surface area contributed by atoms with Gasteiger partial charge in [0.2, 0.25) is 0 Å². The van der Waals surface area contributed by atoms with Crippen molar-refractivity contribution in [2.24, 2.45) is 4.99 Å². The number of anilines is 1. The van der Waals surface area contributed by atoms with Gasteiger partial charge in [0.1, 0.15) is 5.76 Å². The summed E-state index contributed by atoms with van der Waals surface area (Å²) < 4.78 is 5.19. The second kappa shape index (κ2) is 10.6. The second-order valence-corrected chi connectivity index (χ2v) is 6.53. The van der Waals surface area contributed by atoms with Crippen LogP contribution in [-0.2, 0) is 13.0 Å². The zero-order valence-corrected chi connectivity index (χ0v) is 18.6. The Bertz CT molecular complexity index is 662. The molecule has 0 bridgehead atoms. The van der Waals surface area contributed by atoms with Crippen molar-refractivity contribution < 1.29 is 4.52 Å². The van der Waals surface area contributed by atoms with Gasteiger partial charge in [-0.2, -0.15) is 0 Å².